The molecular weight excluding hydrogens is 428 g/mol. The number of hydrogen-bond acceptors (Lipinski definition) is 6. The van der Waals surface area contributed by atoms with Crippen LogP contribution in [0.5, 0.6) is 0 Å². The van der Waals surface area contributed by atoms with Gasteiger partial charge in [0.05, 0.1) is 17.8 Å². The first-order chi connectivity index (χ1) is 16.6. The lowest BCUT2D eigenvalue weighted by atomic mass is 10.0. The number of benzene rings is 1. The Labute approximate surface area is 199 Å². The monoisotopic (exact) mass is 460 g/mol. The molecule has 178 valence electrons. The summed E-state index contributed by atoms with van der Waals surface area (Å²) < 4.78 is 7.39. The van der Waals surface area contributed by atoms with Gasteiger partial charge in [-0.2, -0.15) is 0 Å². The topological polar surface area (TPSA) is 92.8 Å². The molecule has 1 atom stereocenters. The maximum atomic E-state index is 13.1. The number of aromatic amines is 1. The van der Waals surface area contributed by atoms with Gasteiger partial charge in [-0.05, 0) is 65.8 Å². The van der Waals surface area contributed by atoms with Crippen LogP contribution in [0.3, 0.4) is 0 Å². The van der Waals surface area contributed by atoms with E-state index in [1.165, 1.54) is 12.8 Å². The van der Waals surface area contributed by atoms with Crippen LogP contribution in [0.4, 0.5) is 0 Å². The summed E-state index contributed by atoms with van der Waals surface area (Å²) in [5, 5.41) is 13.8. The summed E-state index contributed by atoms with van der Waals surface area (Å²) in [7, 11) is 0. The average molecular weight is 461 g/mol. The number of aryl methyl sites for hydroxylation is 1. The Hall–Kier alpha value is -3.26. The SMILES string of the molecule is CCC[C@@H](c1nnnn1Cc1ccco1)N(Cc1cc2cccc(C)c2[nH]c1=O)C1CCCC1. The summed E-state index contributed by atoms with van der Waals surface area (Å²) in [4.78, 5) is 18.7. The summed E-state index contributed by atoms with van der Waals surface area (Å²) in [6.45, 7) is 5.27. The van der Waals surface area contributed by atoms with Crippen LogP contribution in [0, 0.1) is 6.92 Å². The van der Waals surface area contributed by atoms with E-state index < -0.39 is 0 Å². The Morgan fingerprint density at radius 3 is 2.85 bits per heavy atom. The molecule has 0 bridgehead atoms. The molecule has 0 aliphatic heterocycles. The van der Waals surface area contributed by atoms with Crippen LogP contribution in [0.2, 0.25) is 0 Å². The van der Waals surface area contributed by atoms with Gasteiger partial charge in [0.2, 0.25) is 0 Å². The van der Waals surface area contributed by atoms with Gasteiger partial charge in [-0.3, -0.25) is 9.69 Å². The predicted octanol–water partition coefficient (Wildman–Crippen LogP) is 4.75. The molecule has 1 aliphatic carbocycles. The van der Waals surface area contributed by atoms with E-state index in [1.807, 2.05) is 35.9 Å². The quantitative estimate of drug-likeness (QED) is 0.387. The van der Waals surface area contributed by atoms with Crippen molar-refractivity contribution in [3.63, 3.8) is 0 Å². The number of rotatable bonds is 9. The molecule has 3 heterocycles. The van der Waals surface area contributed by atoms with Crippen molar-refractivity contribution in [3.8, 4) is 0 Å². The minimum Gasteiger partial charge on any atom is -0.467 e. The Morgan fingerprint density at radius 1 is 1.24 bits per heavy atom. The first kappa shape index (κ1) is 22.5. The van der Waals surface area contributed by atoms with E-state index in [4.69, 9.17) is 4.42 Å². The van der Waals surface area contributed by atoms with Gasteiger partial charge in [-0.15, -0.1) is 5.10 Å². The number of H-pyrrole nitrogens is 1. The van der Waals surface area contributed by atoms with Gasteiger partial charge >= 0.3 is 0 Å². The van der Waals surface area contributed by atoms with Crippen LogP contribution in [-0.4, -0.2) is 36.1 Å². The fourth-order valence-corrected chi connectivity index (χ4v) is 5.30. The second-order valence-corrected chi connectivity index (χ2v) is 9.35. The smallest absolute Gasteiger partial charge is 0.252 e. The van der Waals surface area contributed by atoms with Crippen molar-refractivity contribution < 1.29 is 4.42 Å². The van der Waals surface area contributed by atoms with Crippen molar-refractivity contribution in [1.82, 2.24) is 30.1 Å². The second kappa shape index (κ2) is 9.93. The van der Waals surface area contributed by atoms with Crippen LogP contribution in [0.25, 0.3) is 10.9 Å². The zero-order chi connectivity index (χ0) is 23.5. The second-order valence-electron chi connectivity index (χ2n) is 9.35. The lowest BCUT2D eigenvalue weighted by Crippen LogP contribution is -2.39. The van der Waals surface area contributed by atoms with Gasteiger partial charge in [0.1, 0.15) is 12.3 Å². The largest absolute Gasteiger partial charge is 0.467 e. The molecule has 34 heavy (non-hydrogen) atoms. The van der Waals surface area contributed by atoms with Gasteiger partial charge in [0.25, 0.3) is 5.56 Å². The van der Waals surface area contributed by atoms with E-state index in [9.17, 15) is 4.79 Å². The zero-order valence-electron chi connectivity index (χ0n) is 19.9. The van der Waals surface area contributed by atoms with E-state index in [-0.39, 0.29) is 11.6 Å². The molecule has 1 aliphatic rings. The third-order valence-electron chi connectivity index (χ3n) is 7.02. The van der Waals surface area contributed by atoms with Crippen LogP contribution >= 0.6 is 0 Å². The highest BCUT2D eigenvalue weighted by Gasteiger charge is 2.33. The van der Waals surface area contributed by atoms with Gasteiger partial charge in [0.15, 0.2) is 5.82 Å². The Kier molecular flexibility index (Phi) is 6.58. The van der Waals surface area contributed by atoms with Gasteiger partial charge in [0, 0.05) is 18.2 Å². The molecule has 1 N–H and O–H groups in total. The molecule has 1 aromatic carbocycles. The summed E-state index contributed by atoms with van der Waals surface area (Å²) in [5.41, 5.74) is 2.76. The van der Waals surface area contributed by atoms with Crippen LogP contribution in [0.1, 0.15) is 74.2 Å². The summed E-state index contributed by atoms with van der Waals surface area (Å²) in [6, 6.07) is 12.4. The molecule has 0 spiro atoms. The molecule has 3 aromatic heterocycles. The molecular formula is C26H32N6O2. The van der Waals surface area contributed by atoms with E-state index in [2.05, 4.69) is 44.5 Å². The number of para-hydroxylation sites is 1. The minimum absolute atomic E-state index is 0.0183. The van der Waals surface area contributed by atoms with E-state index in [1.54, 1.807) is 6.26 Å². The number of fused-ring (bicyclic) bond motifs is 1. The fourth-order valence-electron chi connectivity index (χ4n) is 5.30. The standard InChI is InChI=1S/C26H32N6O2/c1-3-8-23(25-28-29-30-32(25)17-22-13-7-14-34-22)31(21-11-4-5-12-21)16-20-15-19-10-6-9-18(2)24(19)27-26(20)33/h6-7,9-10,13-15,21,23H,3-5,8,11-12,16-17H2,1-2H3,(H,27,33)/t23-/m0/s1. The van der Waals surface area contributed by atoms with Gasteiger partial charge < -0.3 is 9.40 Å². The van der Waals surface area contributed by atoms with Crippen molar-refractivity contribution in [2.75, 3.05) is 0 Å². The lowest BCUT2D eigenvalue weighted by Gasteiger charge is -2.35. The molecule has 1 saturated carbocycles. The predicted molar refractivity (Wildman–Crippen MR) is 130 cm³/mol. The van der Waals surface area contributed by atoms with Crippen molar-refractivity contribution in [2.24, 2.45) is 0 Å². The van der Waals surface area contributed by atoms with Crippen molar-refractivity contribution in [3.05, 3.63) is 75.7 Å². The third kappa shape index (κ3) is 4.55. The maximum Gasteiger partial charge on any atom is 0.252 e. The number of nitrogens with one attached hydrogen (secondary N) is 1. The fraction of sp³-hybridized carbons (Fsp3) is 0.462. The molecule has 0 amide bonds. The zero-order valence-corrected chi connectivity index (χ0v) is 19.9. The number of hydrogen-bond donors (Lipinski definition) is 1. The van der Waals surface area contributed by atoms with Crippen molar-refractivity contribution >= 4 is 10.9 Å². The highest BCUT2D eigenvalue weighted by Crippen LogP contribution is 2.34. The molecule has 5 rings (SSSR count). The van der Waals surface area contributed by atoms with Gasteiger partial charge in [-0.1, -0.05) is 44.4 Å². The number of tetrazole rings is 1. The number of pyridine rings is 1. The summed E-state index contributed by atoms with van der Waals surface area (Å²) in [5.74, 6) is 1.65. The van der Waals surface area contributed by atoms with Crippen LogP contribution in [0.15, 0.2) is 51.9 Å². The Morgan fingerprint density at radius 2 is 2.09 bits per heavy atom. The normalized spacial score (nSPS) is 15.5. The van der Waals surface area contributed by atoms with E-state index in [0.717, 1.165) is 59.3 Å². The summed E-state index contributed by atoms with van der Waals surface area (Å²) >= 11 is 0. The molecule has 1 fully saturated rings. The van der Waals surface area contributed by atoms with Crippen LogP contribution < -0.4 is 5.56 Å². The number of furan rings is 1. The minimum atomic E-state index is -0.0183. The first-order valence-corrected chi connectivity index (χ1v) is 12.3. The molecule has 8 heteroatoms. The average Bonchev–Trinajstić information content (AvgIpc) is 3.61. The first-order valence-electron chi connectivity index (χ1n) is 12.3. The van der Waals surface area contributed by atoms with E-state index in [0.29, 0.717) is 19.1 Å². The Balaban J connectivity index is 1.52. The van der Waals surface area contributed by atoms with Gasteiger partial charge in [-0.25, -0.2) is 4.68 Å². The summed E-state index contributed by atoms with van der Waals surface area (Å²) in [6.07, 6.45) is 8.26. The number of nitrogens with zero attached hydrogens (tertiary/aromatic N) is 5. The maximum absolute atomic E-state index is 13.1. The number of aromatic nitrogens is 5. The van der Waals surface area contributed by atoms with Crippen molar-refractivity contribution in [1.29, 1.82) is 0 Å². The molecule has 0 radical (unpaired) electrons. The molecule has 0 saturated heterocycles. The van der Waals surface area contributed by atoms with Crippen molar-refractivity contribution in [2.45, 2.75) is 77.5 Å². The lowest BCUT2D eigenvalue weighted by molar-refractivity contribution is 0.108. The Bertz CT molecular complexity index is 1290. The molecule has 8 nitrogen and oxygen atoms in total. The highest BCUT2D eigenvalue weighted by atomic mass is 16.3. The van der Waals surface area contributed by atoms with E-state index >= 15 is 0 Å². The molecule has 0 unspecified atom stereocenters. The third-order valence-corrected chi connectivity index (χ3v) is 7.02. The molecule has 4 aromatic rings. The highest BCUT2D eigenvalue weighted by molar-refractivity contribution is 5.81. The van der Waals surface area contributed by atoms with Crippen LogP contribution in [-0.2, 0) is 13.1 Å².